The Labute approximate surface area is 117 Å². The normalized spacial score (nSPS) is 26.8. The van der Waals surface area contributed by atoms with Gasteiger partial charge in [-0.1, -0.05) is 6.07 Å². The lowest BCUT2D eigenvalue weighted by molar-refractivity contribution is -0.118. The molecule has 1 fully saturated rings. The molecule has 1 aliphatic carbocycles. The first kappa shape index (κ1) is 13.8. The van der Waals surface area contributed by atoms with Crippen molar-refractivity contribution < 1.29 is 9.47 Å². The predicted octanol–water partition coefficient (Wildman–Crippen LogP) is 3.36. The summed E-state index contributed by atoms with van der Waals surface area (Å²) >= 11 is 3.58. The second kappa shape index (κ2) is 6.04. The van der Waals surface area contributed by atoms with E-state index in [2.05, 4.69) is 46.4 Å². The van der Waals surface area contributed by atoms with Crippen LogP contribution in [0.25, 0.3) is 0 Å². The van der Waals surface area contributed by atoms with E-state index in [9.17, 15) is 0 Å². The van der Waals surface area contributed by atoms with Crippen LogP contribution in [0.3, 0.4) is 0 Å². The fourth-order valence-electron chi connectivity index (χ4n) is 2.35. The highest BCUT2D eigenvalue weighted by Crippen LogP contribution is 2.32. The van der Waals surface area contributed by atoms with Crippen molar-refractivity contribution in [3.05, 3.63) is 28.2 Å². The van der Waals surface area contributed by atoms with Gasteiger partial charge in [0, 0.05) is 23.9 Å². The van der Waals surface area contributed by atoms with Gasteiger partial charge < -0.3 is 14.8 Å². The third-order valence-electron chi connectivity index (χ3n) is 3.37. The second-order valence-corrected chi connectivity index (χ2v) is 5.52. The molecule has 3 atom stereocenters. The molecule has 1 saturated carbocycles. The van der Waals surface area contributed by atoms with E-state index in [-0.39, 0.29) is 12.2 Å². The lowest BCUT2D eigenvalue weighted by Gasteiger charge is -2.43. The Morgan fingerprint density at radius 3 is 2.83 bits per heavy atom. The first-order chi connectivity index (χ1) is 8.65. The highest BCUT2D eigenvalue weighted by molar-refractivity contribution is 9.10. The Morgan fingerprint density at radius 2 is 2.22 bits per heavy atom. The molecule has 1 N–H and O–H groups in total. The number of methoxy groups -OCH3 is 1. The molecular weight excluding hydrogens is 294 g/mol. The topological polar surface area (TPSA) is 30.5 Å². The number of hydrogen-bond acceptors (Lipinski definition) is 3. The monoisotopic (exact) mass is 313 g/mol. The number of ether oxygens (including phenoxy) is 2. The smallest absolute Gasteiger partial charge is 0.103 e. The molecule has 0 saturated heterocycles. The van der Waals surface area contributed by atoms with E-state index in [1.807, 2.05) is 6.92 Å². The molecule has 0 aromatic heterocycles. The maximum absolute atomic E-state index is 5.62. The average Bonchev–Trinajstić information content (AvgIpc) is 2.31. The predicted molar refractivity (Wildman–Crippen MR) is 77.1 cm³/mol. The van der Waals surface area contributed by atoms with Crippen LogP contribution in [-0.2, 0) is 9.47 Å². The van der Waals surface area contributed by atoms with E-state index in [1.54, 1.807) is 7.11 Å². The van der Waals surface area contributed by atoms with E-state index in [4.69, 9.17) is 9.47 Å². The van der Waals surface area contributed by atoms with Crippen molar-refractivity contribution in [1.29, 1.82) is 0 Å². The van der Waals surface area contributed by atoms with Crippen molar-refractivity contribution >= 4 is 21.6 Å². The molecule has 0 heterocycles. The molecule has 0 bridgehead atoms. The first-order valence-corrected chi connectivity index (χ1v) is 7.12. The molecule has 3 unspecified atom stereocenters. The molecule has 100 valence electrons. The van der Waals surface area contributed by atoms with Crippen LogP contribution in [0.1, 0.15) is 18.9 Å². The Morgan fingerprint density at radius 1 is 1.44 bits per heavy atom. The summed E-state index contributed by atoms with van der Waals surface area (Å²) < 4.78 is 12.2. The van der Waals surface area contributed by atoms with Gasteiger partial charge in [0.05, 0.1) is 12.1 Å². The summed E-state index contributed by atoms with van der Waals surface area (Å²) in [4.78, 5) is 0. The quantitative estimate of drug-likeness (QED) is 0.904. The van der Waals surface area contributed by atoms with Crippen LogP contribution in [0, 0.1) is 6.92 Å². The standard InChI is InChI=1S/C14H20BrNO2/c1-4-18-13-8-12(14(13)17-3)16-11-6-5-9(2)7-10(11)15/h5-7,12-14,16H,4,8H2,1-3H3. The molecule has 0 aliphatic heterocycles. The van der Waals surface area contributed by atoms with Crippen LogP contribution >= 0.6 is 15.9 Å². The Kier molecular flexibility index (Phi) is 4.65. The summed E-state index contributed by atoms with van der Waals surface area (Å²) in [5.41, 5.74) is 2.36. The van der Waals surface area contributed by atoms with Crippen molar-refractivity contribution in [3.8, 4) is 0 Å². The maximum atomic E-state index is 5.62. The molecule has 0 amide bonds. The zero-order chi connectivity index (χ0) is 13.1. The zero-order valence-electron chi connectivity index (χ0n) is 11.1. The van der Waals surface area contributed by atoms with E-state index < -0.39 is 0 Å². The zero-order valence-corrected chi connectivity index (χ0v) is 12.7. The Hall–Kier alpha value is -0.580. The van der Waals surface area contributed by atoms with Crippen molar-refractivity contribution in [2.24, 2.45) is 0 Å². The summed E-state index contributed by atoms with van der Waals surface area (Å²) in [7, 11) is 1.74. The molecule has 1 aromatic rings. The number of halogens is 1. The van der Waals surface area contributed by atoms with E-state index in [1.165, 1.54) is 5.56 Å². The van der Waals surface area contributed by atoms with Gasteiger partial charge in [-0.3, -0.25) is 0 Å². The largest absolute Gasteiger partial charge is 0.379 e. The highest BCUT2D eigenvalue weighted by atomic mass is 79.9. The molecule has 1 aliphatic rings. The third-order valence-corrected chi connectivity index (χ3v) is 4.02. The summed E-state index contributed by atoms with van der Waals surface area (Å²) in [6.07, 6.45) is 1.35. The van der Waals surface area contributed by atoms with Crippen LogP contribution < -0.4 is 5.32 Å². The van der Waals surface area contributed by atoms with Gasteiger partial charge in [-0.25, -0.2) is 0 Å². The molecule has 2 rings (SSSR count). The molecule has 1 aromatic carbocycles. The second-order valence-electron chi connectivity index (χ2n) is 4.66. The minimum atomic E-state index is 0.137. The Balaban J connectivity index is 1.98. The third kappa shape index (κ3) is 2.87. The molecule has 0 spiro atoms. The summed E-state index contributed by atoms with van der Waals surface area (Å²) in [5, 5.41) is 3.51. The lowest BCUT2D eigenvalue weighted by Crippen LogP contribution is -2.56. The fourth-order valence-corrected chi connectivity index (χ4v) is 2.96. The van der Waals surface area contributed by atoms with Gasteiger partial charge in [0.25, 0.3) is 0 Å². The van der Waals surface area contributed by atoms with Crippen molar-refractivity contribution in [3.63, 3.8) is 0 Å². The number of rotatable bonds is 5. The highest BCUT2D eigenvalue weighted by Gasteiger charge is 2.42. The van der Waals surface area contributed by atoms with Crippen molar-refractivity contribution in [2.45, 2.75) is 38.5 Å². The number of anilines is 1. The first-order valence-electron chi connectivity index (χ1n) is 6.32. The van der Waals surface area contributed by atoms with Crippen molar-refractivity contribution in [2.75, 3.05) is 19.0 Å². The summed E-state index contributed by atoms with van der Waals surface area (Å²) in [5.74, 6) is 0. The molecule has 3 nitrogen and oxygen atoms in total. The van der Waals surface area contributed by atoms with E-state index >= 15 is 0 Å². The molecular formula is C14H20BrNO2. The summed E-state index contributed by atoms with van der Waals surface area (Å²) in [6.45, 7) is 4.84. The van der Waals surface area contributed by atoms with Crippen LogP contribution in [0.2, 0.25) is 0 Å². The van der Waals surface area contributed by atoms with Crippen LogP contribution in [0.15, 0.2) is 22.7 Å². The van der Waals surface area contributed by atoms with Gasteiger partial charge >= 0.3 is 0 Å². The van der Waals surface area contributed by atoms with Gasteiger partial charge in [-0.15, -0.1) is 0 Å². The lowest BCUT2D eigenvalue weighted by atomic mass is 9.85. The average molecular weight is 314 g/mol. The molecule has 4 heteroatoms. The number of nitrogens with one attached hydrogen (secondary N) is 1. The van der Waals surface area contributed by atoms with Gasteiger partial charge in [0.15, 0.2) is 0 Å². The Bertz CT molecular complexity index is 411. The van der Waals surface area contributed by atoms with Crippen LogP contribution in [-0.4, -0.2) is 32.0 Å². The number of benzene rings is 1. The minimum Gasteiger partial charge on any atom is -0.379 e. The van der Waals surface area contributed by atoms with Gasteiger partial charge in [0.2, 0.25) is 0 Å². The molecule has 18 heavy (non-hydrogen) atoms. The summed E-state index contributed by atoms with van der Waals surface area (Å²) in [6, 6.07) is 6.64. The SMILES string of the molecule is CCOC1CC(Nc2ccc(C)cc2Br)C1OC. The number of hydrogen-bond donors (Lipinski definition) is 1. The van der Waals surface area contributed by atoms with Crippen molar-refractivity contribution in [1.82, 2.24) is 0 Å². The molecule has 0 radical (unpaired) electrons. The van der Waals surface area contributed by atoms with E-state index in [0.29, 0.717) is 6.04 Å². The maximum Gasteiger partial charge on any atom is 0.103 e. The van der Waals surface area contributed by atoms with E-state index in [0.717, 1.165) is 23.2 Å². The van der Waals surface area contributed by atoms with Gasteiger partial charge in [0.1, 0.15) is 6.10 Å². The minimum absolute atomic E-state index is 0.137. The van der Waals surface area contributed by atoms with Crippen LogP contribution in [0.4, 0.5) is 5.69 Å². The van der Waals surface area contributed by atoms with Gasteiger partial charge in [-0.2, -0.15) is 0 Å². The number of aryl methyl sites for hydroxylation is 1. The van der Waals surface area contributed by atoms with Gasteiger partial charge in [-0.05, 0) is 53.9 Å². The fraction of sp³-hybridized carbons (Fsp3) is 0.571. The van der Waals surface area contributed by atoms with Crippen LogP contribution in [0.5, 0.6) is 0 Å².